The predicted molar refractivity (Wildman–Crippen MR) is 130 cm³/mol. The minimum Gasteiger partial charge on any atom is -0.333 e. The molecule has 2 aliphatic heterocycles. The van der Waals surface area contributed by atoms with Crippen LogP contribution < -0.4 is 5.32 Å². The van der Waals surface area contributed by atoms with Crippen LogP contribution in [0.15, 0.2) is 24.8 Å². The fourth-order valence-electron chi connectivity index (χ4n) is 4.76. The second kappa shape index (κ2) is 9.46. The van der Waals surface area contributed by atoms with E-state index in [-0.39, 0.29) is 28.3 Å². The molecule has 2 aliphatic rings. The van der Waals surface area contributed by atoms with E-state index in [9.17, 15) is 18.4 Å². The standard InChI is InChI=1S/C24H26F2N6O2S/c1-14(2)32-21-20(35-24(27-21)28-22(33)15-7-8-17(25)18(26)12-15)19(29-32)23(34)31-11-5-6-16(31)13-30-9-3-4-10-30/h7-8,12,16H,1,3-6,9-11,13H2,2H3,(H,27,28,33)/t16-/m0/s1. The van der Waals surface area contributed by atoms with Gasteiger partial charge in [-0.05, 0) is 63.9 Å². The maximum atomic E-state index is 13.6. The number of rotatable bonds is 6. The second-order valence-corrected chi connectivity index (χ2v) is 10.1. The molecule has 8 nitrogen and oxygen atoms in total. The normalized spacial score (nSPS) is 18.5. The molecule has 2 saturated heterocycles. The molecule has 0 unspecified atom stereocenters. The van der Waals surface area contributed by atoms with Gasteiger partial charge in [0, 0.05) is 30.4 Å². The van der Waals surface area contributed by atoms with Crippen LogP contribution in [-0.4, -0.2) is 68.6 Å². The Hall–Kier alpha value is -3.18. The van der Waals surface area contributed by atoms with Crippen molar-refractivity contribution in [1.29, 1.82) is 0 Å². The molecule has 1 N–H and O–H groups in total. The lowest BCUT2D eigenvalue weighted by molar-refractivity contribution is 0.0704. The molecule has 11 heteroatoms. The molecule has 4 heterocycles. The molecule has 3 aromatic rings. The number of nitrogens with one attached hydrogen (secondary N) is 1. The van der Waals surface area contributed by atoms with Gasteiger partial charge in [-0.25, -0.2) is 13.5 Å². The number of benzene rings is 1. The number of anilines is 1. The number of aromatic nitrogens is 3. The van der Waals surface area contributed by atoms with Crippen LogP contribution in [0.3, 0.4) is 0 Å². The second-order valence-electron chi connectivity index (χ2n) is 9.05. The summed E-state index contributed by atoms with van der Waals surface area (Å²) in [5, 5.41) is 7.36. The maximum Gasteiger partial charge on any atom is 0.276 e. The molecule has 0 radical (unpaired) electrons. The van der Waals surface area contributed by atoms with Crippen molar-refractivity contribution in [2.24, 2.45) is 0 Å². The van der Waals surface area contributed by atoms with Gasteiger partial charge in [0.2, 0.25) is 0 Å². The lowest BCUT2D eigenvalue weighted by atomic mass is 10.2. The molecule has 2 amide bonds. The number of fused-ring (bicyclic) bond motifs is 1. The van der Waals surface area contributed by atoms with Crippen LogP contribution in [0.25, 0.3) is 16.0 Å². The molecule has 0 saturated carbocycles. The zero-order valence-electron chi connectivity index (χ0n) is 19.4. The van der Waals surface area contributed by atoms with Crippen molar-refractivity contribution in [2.45, 2.75) is 38.6 Å². The first-order valence-electron chi connectivity index (χ1n) is 11.7. The fourth-order valence-corrected chi connectivity index (χ4v) is 5.68. The smallest absolute Gasteiger partial charge is 0.276 e. The third-order valence-electron chi connectivity index (χ3n) is 6.50. The van der Waals surface area contributed by atoms with Crippen molar-refractivity contribution < 1.29 is 18.4 Å². The summed E-state index contributed by atoms with van der Waals surface area (Å²) < 4.78 is 28.8. The fraction of sp³-hybridized carbons (Fsp3) is 0.417. The number of hydrogen-bond acceptors (Lipinski definition) is 6. The van der Waals surface area contributed by atoms with E-state index in [1.807, 2.05) is 4.90 Å². The number of allylic oxidation sites excluding steroid dienone is 1. The molecule has 1 aromatic carbocycles. The Balaban J connectivity index is 1.42. The van der Waals surface area contributed by atoms with E-state index in [2.05, 4.69) is 26.9 Å². The van der Waals surface area contributed by atoms with E-state index in [1.54, 1.807) is 6.92 Å². The highest BCUT2D eigenvalue weighted by Gasteiger charge is 2.34. The number of hydrogen-bond donors (Lipinski definition) is 1. The summed E-state index contributed by atoms with van der Waals surface area (Å²) in [6.45, 7) is 9.38. The van der Waals surface area contributed by atoms with Gasteiger partial charge in [-0.2, -0.15) is 10.1 Å². The van der Waals surface area contributed by atoms with Crippen molar-refractivity contribution in [3.05, 3.63) is 47.7 Å². The Morgan fingerprint density at radius 3 is 2.66 bits per heavy atom. The highest BCUT2D eigenvalue weighted by atomic mass is 32.1. The Morgan fingerprint density at radius 1 is 1.17 bits per heavy atom. The van der Waals surface area contributed by atoms with Crippen LogP contribution in [0.5, 0.6) is 0 Å². The number of thiazole rings is 1. The van der Waals surface area contributed by atoms with E-state index in [1.165, 1.54) is 23.6 Å². The summed E-state index contributed by atoms with van der Waals surface area (Å²) >= 11 is 1.12. The Morgan fingerprint density at radius 2 is 1.94 bits per heavy atom. The van der Waals surface area contributed by atoms with E-state index < -0.39 is 17.5 Å². The third kappa shape index (κ3) is 4.57. The number of carbonyl (C=O) groups excluding carboxylic acids is 2. The molecular formula is C24H26F2N6O2S. The minimum absolute atomic E-state index is 0.0391. The molecule has 5 rings (SSSR count). The molecule has 0 spiro atoms. The summed E-state index contributed by atoms with van der Waals surface area (Å²) in [4.78, 5) is 35.0. The maximum absolute atomic E-state index is 13.6. The van der Waals surface area contributed by atoms with E-state index in [0.29, 0.717) is 22.6 Å². The summed E-state index contributed by atoms with van der Waals surface area (Å²) in [7, 11) is 0. The average molecular weight is 501 g/mol. The Bertz CT molecular complexity index is 1310. The molecule has 2 aromatic heterocycles. The Kier molecular flexibility index (Phi) is 6.37. The minimum atomic E-state index is -1.11. The Labute approximate surface area is 205 Å². The van der Waals surface area contributed by atoms with Crippen molar-refractivity contribution in [3.63, 3.8) is 0 Å². The molecular weight excluding hydrogens is 474 g/mol. The monoisotopic (exact) mass is 500 g/mol. The highest BCUT2D eigenvalue weighted by molar-refractivity contribution is 7.22. The number of carbonyl (C=O) groups is 2. The van der Waals surface area contributed by atoms with Crippen LogP contribution in [0.1, 0.15) is 53.5 Å². The van der Waals surface area contributed by atoms with Gasteiger partial charge in [-0.3, -0.25) is 14.9 Å². The average Bonchev–Trinajstić information content (AvgIpc) is 3.60. The van der Waals surface area contributed by atoms with Crippen LogP contribution in [-0.2, 0) is 0 Å². The van der Waals surface area contributed by atoms with E-state index in [0.717, 1.165) is 55.9 Å². The summed E-state index contributed by atoms with van der Waals surface area (Å²) in [6, 6.07) is 3.06. The van der Waals surface area contributed by atoms with Crippen molar-refractivity contribution >= 4 is 44.3 Å². The SMILES string of the molecule is C=C(C)n1nc(C(=O)N2CCC[C@H]2CN2CCCC2)c2sc(NC(=O)c3ccc(F)c(F)c3)nc21. The molecule has 0 aliphatic carbocycles. The number of halogens is 2. The van der Waals surface area contributed by atoms with Gasteiger partial charge in [0.1, 0.15) is 4.70 Å². The quantitative estimate of drug-likeness (QED) is 0.548. The van der Waals surface area contributed by atoms with E-state index in [4.69, 9.17) is 0 Å². The predicted octanol–water partition coefficient (Wildman–Crippen LogP) is 4.21. The lowest BCUT2D eigenvalue weighted by Gasteiger charge is -2.28. The van der Waals surface area contributed by atoms with Gasteiger partial charge in [-0.1, -0.05) is 17.9 Å². The third-order valence-corrected chi connectivity index (χ3v) is 7.46. The topological polar surface area (TPSA) is 83.4 Å². The van der Waals surface area contributed by atoms with Gasteiger partial charge in [-0.15, -0.1) is 0 Å². The first kappa shape index (κ1) is 23.6. The van der Waals surface area contributed by atoms with Gasteiger partial charge in [0.25, 0.3) is 11.8 Å². The highest BCUT2D eigenvalue weighted by Crippen LogP contribution is 2.33. The van der Waals surface area contributed by atoms with E-state index >= 15 is 0 Å². The number of likely N-dealkylation sites (tertiary alicyclic amines) is 2. The van der Waals surface area contributed by atoms with Gasteiger partial charge >= 0.3 is 0 Å². The van der Waals surface area contributed by atoms with Gasteiger partial charge in [0.15, 0.2) is 28.1 Å². The van der Waals surface area contributed by atoms with Gasteiger partial charge in [0.05, 0.1) is 0 Å². The van der Waals surface area contributed by atoms with Crippen LogP contribution in [0, 0.1) is 11.6 Å². The first-order chi connectivity index (χ1) is 16.8. The zero-order chi connectivity index (χ0) is 24.7. The van der Waals surface area contributed by atoms with Crippen LogP contribution in [0.2, 0.25) is 0 Å². The van der Waals surface area contributed by atoms with Crippen molar-refractivity contribution in [2.75, 3.05) is 31.5 Å². The zero-order valence-corrected chi connectivity index (χ0v) is 20.2. The number of nitrogens with zero attached hydrogens (tertiary/aromatic N) is 5. The van der Waals surface area contributed by atoms with Crippen LogP contribution >= 0.6 is 11.3 Å². The first-order valence-corrected chi connectivity index (χ1v) is 12.5. The van der Waals surface area contributed by atoms with Gasteiger partial charge < -0.3 is 9.80 Å². The summed E-state index contributed by atoms with van der Waals surface area (Å²) in [6.07, 6.45) is 4.31. The molecule has 35 heavy (non-hydrogen) atoms. The summed E-state index contributed by atoms with van der Waals surface area (Å²) in [5.41, 5.74) is 1.24. The number of amides is 2. The largest absolute Gasteiger partial charge is 0.333 e. The molecule has 184 valence electrons. The molecule has 2 fully saturated rings. The van der Waals surface area contributed by atoms with Crippen molar-refractivity contribution in [1.82, 2.24) is 24.6 Å². The summed E-state index contributed by atoms with van der Waals surface area (Å²) in [5.74, 6) is -2.93. The lowest BCUT2D eigenvalue weighted by Crippen LogP contribution is -2.42. The van der Waals surface area contributed by atoms with Crippen molar-refractivity contribution in [3.8, 4) is 0 Å². The molecule has 1 atom stereocenters. The van der Waals surface area contributed by atoms with Crippen LogP contribution in [0.4, 0.5) is 13.9 Å². The molecule has 0 bridgehead atoms.